The first-order valence-corrected chi connectivity index (χ1v) is 3.98. The van der Waals surface area contributed by atoms with E-state index >= 15 is 0 Å². The summed E-state index contributed by atoms with van der Waals surface area (Å²) in [7, 11) is 0. The molecule has 0 aromatic heterocycles. The molecule has 0 aromatic carbocycles. The molecule has 0 aromatic rings. The van der Waals surface area contributed by atoms with Gasteiger partial charge in [0.25, 0.3) is 0 Å². The SMILES string of the molecule is C=C(C=O)/C=C\C(=C)SC. The van der Waals surface area contributed by atoms with Crippen LogP contribution in [0.1, 0.15) is 0 Å². The van der Waals surface area contributed by atoms with E-state index in [1.165, 1.54) is 11.8 Å². The molecule has 0 aliphatic carbocycles. The van der Waals surface area contributed by atoms with Gasteiger partial charge in [0.15, 0.2) is 0 Å². The molecule has 0 N–H and O–H groups in total. The van der Waals surface area contributed by atoms with Crippen LogP contribution in [-0.2, 0) is 4.79 Å². The second-order valence-electron chi connectivity index (χ2n) is 1.70. The fraction of sp³-hybridized carbons (Fsp3) is 0.125. The van der Waals surface area contributed by atoms with E-state index in [1.54, 1.807) is 12.2 Å². The third-order valence-electron chi connectivity index (χ3n) is 0.897. The first-order chi connectivity index (χ1) is 4.70. The van der Waals surface area contributed by atoms with Crippen molar-refractivity contribution in [1.29, 1.82) is 0 Å². The zero-order valence-electron chi connectivity index (χ0n) is 5.96. The van der Waals surface area contributed by atoms with Gasteiger partial charge >= 0.3 is 0 Å². The van der Waals surface area contributed by atoms with Crippen LogP contribution in [0.5, 0.6) is 0 Å². The number of rotatable bonds is 4. The molecule has 0 fully saturated rings. The zero-order valence-corrected chi connectivity index (χ0v) is 6.78. The zero-order chi connectivity index (χ0) is 7.98. The number of aldehydes is 1. The Bertz CT molecular complexity index is 180. The van der Waals surface area contributed by atoms with E-state index < -0.39 is 0 Å². The second-order valence-corrected chi connectivity index (χ2v) is 2.63. The van der Waals surface area contributed by atoms with Crippen LogP contribution in [0.15, 0.2) is 35.8 Å². The van der Waals surface area contributed by atoms with Gasteiger partial charge in [-0.2, -0.15) is 0 Å². The van der Waals surface area contributed by atoms with Gasteiger partial charge in [0, 0.05) is 5.57 Å². The Labute approximate surface area is 65.5 Å². The van der Waals surface area contributed by atoms with E-state index in [0.717, 1.165) is 4.91 Å². The summed E-state index contributed by atoms with van der Waals surface area (Å²) in [5, 5.41) is 0. The highest BCUT2D eigenvalue weighted by Crippen LogP contribution is 2.09. The van der Waals surface area contributed by atoms with Gasteiger partial charge in [0.1, 0.15) is 6.29 Å². The summed E-state index contributed by atoms with van der Waals surface area (Å²) in [4.78, 5) is 10.9. The largest absolute Gasteiger partial charge is 0.298 e. The average molecular weight is 154 g/mol. The summed E-state index contributed by atoms with van der Waals surface area (Å²) >= 11 is 1.54. The molecule has 10 heavy (non-hydrogen) atoms. The maximum absolute atomic E-state index is 10.0. The summed E-state index contributed by atoms with van der Waals surface area (Å²) in [6, 6.07) is 0. The Morgan fingerprint density at radius 3 is 2.40 bits per heavy atom. The molecule has 0 heterocycles. The topological polar surface area (TPSA) is 17.1 Å². The van der Waals surface area contributed by atoms with Crippen LogP contribution in [-0.4, -0.2) is 12.5 Å². The van der Waals surface area contributed by atoms with Crippen LogP contribution in [0.3, 0.4) is 0 Å². The Morgan fingerprint density at radius 2 is 2.00 bits per heavy atom. The highest BCUT2D eigenvalue weighted by atomic mass is 32.2. The molecule has 0 unspecified atom stereocenters. The fourth-order valence-corrected chi connectivity index (χ4v) is 0.511. The van der Waals surface area contributed by atoms with E-state index in [2.05, 4.69) is 13.2 Å². The molecule has 54 valence electrons. The molecule has 0 amide bonds. The molecular formula is C8H10OS. The average Bonchev–Trinajstić information content (AvgIpc) is 1.99. The first-order valence-electron chi connectivity index (χ1n) is 2.75. The monoisotopic (exact) mass is 154 g/mol. The minimum Gasteiger partial charge on any atom is -0.298 e. The van der Waals surface area contributed by atoms with Crippen molar-refractivity contribution in [1.82, 2.24) is 0 Å². The lowest BCUT2D eigenvalue weighted by Crippen LogP contribution is -1.73. The van der Waals surface area contributed by atoms with Crippen LogP contribution in [0.2, 0.25) is 0 Å². The lowest BCUT2D eigenvalue weighted by Gasteiger charge is -1.89. The first kappa shape index (κ1) is 9.24. The van der Waals surface area contributed by atoms with Gasteiger partial charge in [-0.05, 0) is 17.2 Å². The Morgan fingerprint density at radius 1 is 1.40 bits per heavy atom. The number of carbonyl (C=O) groups excluding carboxylic acids is 1. The molecular weight excluding hydrogens is 144 g/mol. The van der Waals surface area contributed by atoms with Crippen molar-refractivity contribution in [2.45, 2.75) is 0 Å². The highest BCUT2D eigenvalue weighted by molar-refractivity contribution is 8.02. The third-order valence-corrected chi connectivity index (χ3v) is 1.56. The molecule has 1 nitrogen and oxygen atoms in total. The molecule has 0 saturated heterocycles. The van der Waals surface area contributed by atoms with Crippen LogP contribution in [0.25, 0.3) is 0 Å². The van der Waals surface area contributed by atoms with Crippen LogP contribution < -0.4 is 0 Å². The van der Waals surface area contributed by atoms with Crippen molar-refractivity contribution >= 4 is 18.0 Å². The summed E-state index contributed by atoms with van der Waals surface area (Å²) in [6.07, 6.45) is 6.05. The van der Waals surface area contributed by atoms with Crippen LogP contribution in [0.4, 0.5) is 0 Å². The molecule has 0 rings (SSSR count). The fourth-order valence-electron chi connectivity index (χ4n) is 0.307. The summed E-state index contributed by atoms with van der Waals surface area (Å²) in [5.74, 6) is 0. The molecule has 0 spiro atoms. The Balaban J connectivity index is 3.87. The summed E-state index contributed by atoms with van der Waals surface area (Å²) < 4.78 is 0. The van der Waals surface area contributed by atoms with Crippen LogP contribution in [0, 0.1) is 0 Å². The second kappa shape index (κ2) is 5.06. The van der Waals surface area contributed by atoms with Crippen molar-refractivity contribution in [3.8, 4) is 0 Å². The van der Waals surface area contributed by atoms with E-state index in [9.17, 15) is 4.79 Å². The molecule has 0 saturated carbocycles. The minimum absolute atomic E-state index is 0.468. The van der Waals surface area contributed by atoms with E-state index in [1.807, 2.05) is 6.26 Å². The van der Waals surface area contributed by atoms with E-state index in [4.69, 9.17) is 0 Å². The van der Waals surface area contributed by atoms with Crippen molar-refractivity contribution in [3.05, 3.63) is 35.8 Å². The Hall–Kier alpha value is -0.760. The molecule has 0 atom stereocenters. The predicted octanol–water partition coefficient (Wildman–Crippen LogP) is 2.17. The maximum Gasteiger partial charge on any atom is 0.149 e. The molecule has 2 heteroatoms. The predicted molar refractivity (Wildman–Crippen MR) is 47.0 cm³/mol. The lowest BCUT2D eigenvalue weighted by molar-refractivity contribution is -0.104. The van der Waals surface area contributed by atoms with Crippen LogP contribution >= 0.6 is 11.8 Å². The molecule has 0 aliphatic heterocycles. The minimum atomic E-state index is 0.468. The van der Waals surface area contributed by atoms with Gasteiger partial charge in [0.05, 0.1) is 0 Å². The van der Waals surface area contributed by atoms with Gasteiger partial charge in [-0.15, -0.1) is 11.8 Å². The van der Waals surface area contributed by atoms with Gasteiger partial charge in [0.2, 0.25) is 0 Å². The maximum atomic E-state index is 10.0. The standard InChI is InChI=1S/C8H10OS/c1-7(6-9)4-5-8(2)10-3/h4-6H,1-2H2,3H3/b5-4-. The van der Waals surface area contributed by atoms with Crippen molar-refractivity contribution in [2.24, 2.45) is 0 Å². The van der Waals surface area contributed by atoms with Gasteiger partial charge in [-0.3, -0.25) is 4.79 Å². The van der Waals surface area contributed by atoms with E-state index in [0.29, 0.717) is 11.9 Å². The third kappa shape index (κ3) is 4.15. The summed E-state index contributed by atoms with van der Waals surface area (Å²) in [5.41, 5.74) is 0.468. The van der Waals surface area contributed by atoms with Crippen molar-refractivity contribution in [2.75, 3.05) is 6.26 Å². The normalized spacial score (nSPS) is 9.70. The molecule has 0 aliphatic rings. The lowest BCUT2D eigenvalue weighted by atomic mass is 10.3. The number of thioether (sulfide) groups is 1. The molecule has 0 bridgehead atoms. The molecule has 0 radical (unpaired) electrons. The number of hydrogen-bond acceptors (Lipinski definition) is 2. The van der Waals surface area contributed by atoms with Gasteiger partial charge in [-0.1, -0.05) is 19.2 Å². The summed E-state index contributed by atoms with van der Waals surface area (Å²) in [6.45, 7) is 7.17. The highest BCUT2D eigenvalue weighted by Gasteiger charge is 1.83. The van der Waals surface area contributed by atoms with Crippen molar-refractivity contribution < 1.29 is 4.79 Å². The Kier molecular flexibility index (Phi) is 4.67. The van der Waals surface area contributed by atoms with Gasteiger partial charge < -0.3 is 0 Å². The van der Waals surface area contributed by atoms with Gasteiger partial charge in [-0.25, -0.2) is 0 Å². The number of hydrogen-bond donors (Lipinski definition) is 0. The smallest absolute Gasteiger partial charge is 0.149 e. The number of allylic oxidation sites excluding steroid dienone is 3. The quantitative estimate of drug-likeness (QED) is 0.351. The van der Waals surface area contributed by atoms with Crippen molar-refractivity contribution in [3.63, 3.8) is 0 Å². The van der Waals surface area contributed by atoms with E-state index in [-0.39, 0.29) is 0 Å². The number of carbonyl (C=O) groups is 1.